The van der Waals surface area contributed by atoms with Gasteiger partial charge in [-0.1, -0.05) is 23.7 Å². The highest BCUT2D eigenvalue weighted by atomic mass is 35.5. The highest BCUT2D eigenvalue weighted by Gasteiger charge is 2.17. The fraction of sp³-hybridized carbons (Fsp3) is 0.235. The summed E-state index contributed by atoms with van der Waals surface area (Å²) in [5.74, 6) is 0.562. The number of halogens is 1. The van der Waals surface area contributed by atoms with Crippen LogP contribution >= 0.6 is 11.6 Å². The van der Waals surface area contributed by atoms with E-state index >= 15 is 0 Å². The van der Waals surface area contributed by atoms with Crippen LogP contribution in [0.2, 0.25) is 5.02 Å². The van der Waals surface area contributed by atoms with Crippen molar-refractivity contribution in [3.05, 3.63) is 58.1 Å². The number of ether oxygens (including phenoxy) is 1. The molecule has 0 aromatic heterocycles. The minimum atomic E-state index is -3.76. The highest BCUT2D eigenvalue weighted by Crippen LogP contribution is 2.23. The van der Waals surface area contributed by atoms with Crippen molar-refractivity contribution in [1.29, 1.82) is 0 Å². The third-order valence-corrected chi connectivity index (χ3v) is 5.10. The molecule has 0 unspecified atom stereocenters. The zero-order valence-corrected chi connectivity index (χ0v) is 15.5. The SMILES string of the molecule is COc1ccc(Cl)cc1/C(C)=N\NS(=O)(=O)c1cc(C)ccc1C. The normalized spacial score (nSPS) is 12.1. The first-order chi connectivity index (χ1) is 11.2. The Morgan fingerprint density at radius 3 is 2.54 bits per heavy atom. The fourth-order valence-electron chi connectivity index (χ4n) is 2.20. The molecule has 0 aliphatic rings. The van der Waals surface area contributed by atoms with Gasteiger partial charge in [-0.25, -0.2) is 0 Å². The lowest BCUT2D eigenvalue weighted by Crippen LogP contribution is -2.21. The van der Waals surface area contributed by atoms with Crippen molar-refractivity contribution in [3.63, 3.8) is 0 Å². The monoisotopic (exact) mass is 366 g/mol. The number of methoxy groups -OCH3 is 1. The van der Waals surface area contributed by atoms with Gasteiger partial charge in [0.05, 0.1) is 17.7 Å². The molecule has 0 aliphatic heterocycles. The molecule has 0 heterocycles. The van der Waals surface area contributed by atoms with Crippen LogP contribution in [0.4, 0.5) is 0 Å². The molecule has 0 bridgehead atoms. The van der Waals surface area contributed by atoms with Gasteiger partial charge in [0.25, 0.3) is 10.0 Å². The fourth-order valence-corrected chi connectivity index (χ4v) is 3.56. The summed E-state index contributed by atoms with van der Waals surface area (Å²) in [5, 5.41) is 4.51. The Morgan fingerprint density at radius 2 is 1.88 bits per heavy atom. The van der Waals surface area contributed by atoms with E-state index in [0.717, 1.165) is 5.56 Å². The Labute approximate surface area is 147 Å². The maximum absolute atomic E-state index is 12.5. The second-order valence-electron chi connectivity index (χ2n) is 5.41. The van der Waals surface area contributed by atoms with Crippen molar-refractivity contribution in [1.82, 2.24) is 4.83 Å². The van der Waals surface area contributed by atoms with Gasteiger partial charge in [0.1, 0.15) is 5.75 Å². The minimum absolute atomic E-state index is 0.206. The number of aryl methyl sites for hydroxylation is 2. The van der Waals surface area contributed by atoms with E-state index in [-0.39, 0.29) is 4.90 Å². The van der Waals surface area contributed by atoms with Gasteiger partial charge in [0, 0.05) is 10.6 Å². The zero-order chi connectivity index (χ0) is 17.9. The number of hydrogen-bond donors (Lipinski definition) is 1. The molecule has 0 atom stereocenters. The molecule has 128 valence electrons. The van der Waals surface area contributed by atoms with Gasteiger partial charge in [-0.05, 0) is 56.2 Å². The summed E-state index contributed by atoms with van der Waals surface area (Å²) < 4.78 is 30.2. The van der Waals surface area contributed by atoms with Gasteiger partial charge in [-0.2, -0.15) is 18.4 Å². The number of rotatable bonds is 5. The molecule has 2 aromatic rings. The van der Waals surface area contributed by atoms with Crippen molar-refractivity contribution in [2.75, 3.05) is 7.11 Å². The predicted octanol–water partition coefficient (Wildman–Crippen LogP) is 3.67. The second-order valence-corrected chi connectivity index (χ2v) is 7.47. The topological polar surface area (TPSA) is 67.8 Å². The van der Waals surface area contributed by atoms with Crippen LogP contribution < -0.4 is 9.57 Å². The predicted molar refractivity (Wildman–Crippen MR) is 96.5 cm³/mol. The molecule has 5 nitrogen and oxygen atoms in total. The van der Waals surface area contributed by atoms with Crippen LogP contribution in [-0.2, 0) is 10.0 Å². The van der Waals surface area contributed by atoms with Gasteiger partial charge in [-0.15, -0.1) is 0 Å². The number of nitrogens with zero attached hydrogens (tertiary/aromatic N) is 1. The van der Waals surface area contributed by atoms with Crippen molar-refractivity contribution >= 4 is 27.3 Å². The number of sulfonamides is 1. The van der Waals surface area contributed by atoms with E-state index in [1.54, 1.807) is 44.2 Å². The molecule has 2 rings (SSSR count). The van der Waals surface area contributed by atoms with E-state index < -0.39 is 10.0 Å². The molecule has 7 heteroatoms. The summed E-state index contributed by atoms with van der Waals surface area (Å²) in [4.78, 5) is 2.48. The van der Waals surface area contributed by atoms with E-state index in [1.165, 1.54) is 7.11 Å². The van der Waals surface area contributed by atoms with E-state index in [0.29, 0.717) is 27.6 Å². The van der Waals surface area contributed by atoms with Gasteiger partial charge in [0.2, 0.25) is 0 Å². The van der Waals surface area contributed by atoms with Crippen LogP contribution in [0.3, 0.4) is 0 Å². The molecule has 0 saturated heterocycles. The van der Waals surface area contributed by atoms with Crippen LogP contribution in [0.25, 0.3) is 0 Å². The Kier molecular flexibility index (Phi) is 5.51. The first kappa shape index (κ1) is 18.3. The first-order valence-corrected chi connectivity index (χ1v) is 9.08. The molecule has 0 spiro atoms. The third kappa shape index (κ3) is 4.07. The Morgan fingerprint density at radius 1 is 1.17 bits per heavy atom. The summed E-state index contributed by atoms with van der Waals surface area (Å²) in [5.41, 5.74) is 2.58. The van der Waals surface area contributed by atoms with Crippen molar-refractivity contribution in [2.45, 2.75) is 25.7 Å². The maximum Gasteiger partial charge on any atom is 0.276 e. The summed E-state index contributed by atoms with van der Waals surface area (Å²) in [6.45, 7) is 5.26. The standard InChI is InChI=1S/C17H19ClN2O3S/c1-11-5-6-12(2)17(9-11)24(21,22)20-19-13(3)15-10-14(18)7-8-16(15)23-4/h5-10,20H,1-4H3/b19-13-. The lowest BCUT2D eigenvalue weighted by molar-refractivity contribution is 0.414. The van der Waals surface area contributed by atoms with E-state index in [2.05, 4.69) is 9.93 Å². The smallest absolute Gasteiger partial charge is 0.276 e. The lowest BCUT2D eigenvalue weighted by atomic mass is 10.1. The third-order valence-electron chi connectivity index (χ3n) is 3.52. The summed E-state index contributed by atoms with van der Waals surface area (Å²) >= 11 is 5.99. The molecule has 0 saturated carbocycles. The molecule has 0 radical (unpaired) electrons. The van der Waals surface area contributed by atoms with Crippen LogP contribution in [-0.4, -0.2) is 21.2 Å². The van der Waals surface area contributed by atoms with Gasteiger partial charge < -0.3 is 4.74 Å². The van der Waals surface area contributed by atoms with Crippen LogP contribution in [0.5, 0.6) is 5.75 Å². The molecule has 0 fully saturated rings. The molecular formula is C17H19ClN2O3S. The van der Waals surface area contributed by atoms with Crippen LogP contribution in [0.15, 0.2) is 46.4 Å². The van der Waals surface area contributed by atoms with Gasteiger partial charge in [0.15, 0.2) is 0 Å². The van der Waals surface area contributed by atoms with Crippen molar-refractivity contribution in [3.8, 4) is 5.75 Å². The van der Waals surface area contributed by atoms with Crippen molar-refractivity contribution in [2.24, 2.45) is 5.10 Å². The van der Waals surface area contributed by atoms with Crippen LogP contribution in [0, 0.1) is 13.8 Å². The summed E-state index contributed by atoms with van der Waals surface area (Å²) in [7, 11) is -2.23. The molecule has 24 heavy (non-hydrogen) atoms. The zero-order valence-electron chi connectivity index (χ0n) is 13.9. The quantitative estimate of drug-likeness (QED) is 0.648. The molecular weight excluding hydrogens is 348 g/mol. The average molecular weight is 367 g/mol. The Bertz CT molecular complexity index is 893. The van der Waals surface area contributed by atoms with Crippen LogP contribution in [0.1, 0.15) is 23.6 Å². The van der Waals surface area contributed by atoms with Crippen molar-refractivity contribution < 1.29 is 13.2 Å². The maximum atomic E-state index is 12.5. The summed E-state index contributed by atoms with van der Waals surface area (Å²) in [6.07, 6.45) is 0. The largest absolute Gasteiger partial charge is 0.496 e. The molecule has 0 amide bonds. The van der Waals surface area contributed by atoms with Gasteiger partial charge >= 0.3 is 0 Å². The Hall–Kier alpha value is -2.05. The number of hydrogen-bond acceptors (Lipinski definition) is 4. The Balaban J connectivity index is 2.36. The lowest BCUT2D eigenvalue weighted by Gasteiger charge is -2.11. The van der Waals surface area contributed by atoms with E-state index in [9.17, 15) is 8.42 Å². The number of benzene rings is 2. The molecule has 0 aliphatic carbocycles. The summed E-state index contributed by atoms with van der Waals surface area (Å²) in [6, 6.07) is 10.3. The average Bonchev–Trinajstić information content (AvgIpc) is 2.54. The van der Waals surface area contributed by atoms with Gasteiger partial charge in [-0.3, -0.25) is 0 Å². The molecule has 1 N–H and O–H groups in total. The van der Waals surface area contributed by atoms with E-state index in [1.807, 2.05) is 13.0 Å². The first-order valence-electron chi connectivity index (χ1n) is 7.22. The number of hydrazone groups is 1. The molecule has 2 aromatic carbocycles. The van der Waals surface area contributed by atoms with E-state index in [4.69, 9.17) is 16.3 Å². The highest BCUT2D eigenvalue weighted by molar-refractivity contribution is 7.89. The minimum Gasteiger partial charge on any atom is -0.496 e. The second kappa shape index (κ2) is 7.23. The number of nitrogens with one attached hydrogen (secondary N) is 1.